The quantitative estimate of drug-likeness (QED) is 0.606. The maximum Gasteiger partial charge on any atom is 0.338 e. The highest BCUT2D eigenvalue weighted by Gasteiger charge is 2.07. The van der Waals surface area contributed by atoms with Crippen molar-refractivity contribution in [2.45, 2.75) is 13.0 Å². The molecule has 1 N–H and O–H groups in total. The molecule has 0 amide bonds. The van der Waals surface area contributed by atoms with Gasteiger partial charge in [-0.1, -0.05) is 24.8 Å². The molecule has 0 radical (unpaired) electrons. The Kier molecular flexibility index (Phi) is 4.06. The van der Waals surface area contributed by atoms with Crippen LogP contribution in [-0.2, 0) is 4.74 Å². The first-order valence-electron chi connectivity index (χ1n) is 4.71. The van der Waals surface area contributed by atoms with E-state index in [-0.39, 0.29) is 12.6 Å². The first kappa shape index (κ1) is 11.5. The Labute approximate surface area is 89.0 Å². The molecule has 80 valence electrons. The van der Waals surface area contributed by atoms with Gasteiger partial charge in [0.15, 0.2) is 0 Å². The number of hydrogen-bond acceptors (Lipinski definition) is 3. The number of benzene rings is 1. The second kappa shape index (κ2) is 5.32. The minimum Gasteiger partial charge on any atom is -0.458 e. The summed E-state index contributed by atoms with van der Waals surface area (Å²) in [6.07, 6.45) is 0.991. The summed E-state index contributed by atoms with van der Waals surface area (Å²) in [6, 6.07) is 6.67. The van der Waals surface area contributed by atoms with Crippen molar-refractivity contribution in [1.82, 2.24) is 0 Å². The van der Waals surface area contributed by atoms with Crippen molar-refractivity contribution < 1.29 is 14.6 Å². The highest BCUT2D eigenvalue weighted by Crippen LogP contribution is 2.13. The average Bonchev–Trinajstić information content (AvgIpc) is 2.26. The van der Waals surface area contributed by atoms with Crippen LogP contribution in [0.2, 0.25) is 0 Å². The van der Waals surface area contributed by atoms with Gasteiger partial charge in [0.05, 0.1) is 11.7 Å². The van der Waals surface area contributed by atoms with Gasteiger partial charge in [0.1, 0.15) is 6.61 Å². The summed E-state index contributed by atoms with van der Waals surface area (Å²) in [4.78, 5) is 11.4. The molecule has 1 aromatic rings. The van der Waals surface area contributed by atoms with E-state index >= 15 is 0 Å². The smallest absolute Gasteiger partial charge is 0.338 e. The molecular weight excluding hydrogens is 192 g/mol. The molecule has 1 rings (SSSR count). The average molecular weight is 206 g/mol. The molecule has 0 saturated carbocycles. The van der Waals surface area contributed by atoms with Crippen LogP contribution >= 0.6 is 0 Å². The minimum atomic E-state index is -0.525. The van der Waals surface area contributed by atoms with Crippen LogP contribution in [0.25, 0.3) is 0 Å². The van der Waals surface area contributed by atoms with E-state index in [1.165, 1.54) is 6.08 Å². The molecule has 0 bridgehead atoms. The zero-order chi connectivity index (χ0) is 11.3. The first-order valence-corrected chi connectivity index (χ1v) is 4.71. The van der Waals surface area contributed by atoms with Crippen molar-refractivity contribution in [3.63, 3.8) is 0 Å². The van der Waals surface area contributed by atoms with E-state index in [0.717, 1.165) is 5.56 Å². The minimum absolute atomic E-state index is 0.205. The summed E-state index contributed by atoms with van der Waals surface area (Å²) in [5.74, 6) is -0.382. The van der Waals surface area contributed by atoms with Crippen molar-refractivity contribution in [2.24, 2.45) is 0 Å². The van der Waals surface area contributed by atoms with Gasteiger partial charge in [0, 0.05) is 0 Å². The molecule has 0 aliphatic heterocycles. The Bertz CT molecular complexity index is 338. The van der Waals surface area contributed by atoms with Gasteiger partial charge >= 0.3 is 5.97 Å². The normalized spacial score (nSPS) is 11.9. The molecule has 1 aromatic carbocycles. The predicted octanol–water partition coefficient (Wildman–Crippen LogP) is 2.08. The molecule has 3 nitrogen and oxygen atoms in total. The van der Waals surface area contributed by atoms with E-state index < -0.39 is 6.10 Å². The monoisotopic (exact) mass is 206 g/mol. The van der Waals surface area contributed by atoms with Gasteiger partial charge < -0.3 is 9.84 Å². The molecule has 1 unspecified atom stereocenters. The largest absolute Gasteiger partial charge is 0.458 e. The Morgan fingerprint density at radius 1 is 1.53 bits per heavy atom. The van der Waals surface area contributed by atoms with Gasteiger partial charge in [0.25, 0.3) is 0 Å². The Hall–Kier alpha value is -1.61. The third kappa shape index (κ3) is 3.22. The molecule has 1 atom stereocenters. The summed E-state index contributed by atoms with van der Waals surface area (Å²) in [5.41, 5.74) is 1.25. The zero-order valence-corrected chi connectivity index (χ0v) is 8.64. The fourth-order valence-corrected chi connectivity index (χ4v) is 1.12. The number of ether oxygens (including phenoxy) is 1. The van der Waals surface area contributed by atoms with Crippen LogP contribution in [0.1, 0.15) is 28.9 Å². The molecule has 0 aromatic heterocycles. The second-order valence-electron chi connectivity index (χ2n) is 3.19. The predicted molar refractivity (Wildman–Crippen MR) is 57.6 cm³/mol. The Balaban J connectivity index is 2.71. The lowest BCUT2D eigenvalue weighted by molar-refractivity contribution is 0.0549. The number of aliphatic hydroxyl groups excluding tert-OH is 1. The van der Waals surface area contributed by atoms with Crippen LogP contribution in [0.5, 0.6) is 0 Å². The molecule has 0 fully saturated rings. The Morgan fingerprint density at radius 3 is 2.60 bits per heavy atom. The van der Waals surface area contributed by atoms with Crippen molar-refractivity contribution in [3.8, 4) is 0 Å². The SMILES string of the molecule is C=CCOC(=O)c1ccc(C(C)O)cc1. The lowest BCUT2D eigenvalue weighted by atomic mass is 10.1. The van der Waals surface area contributed by atoms with E-state index in [0.29, 0.717) is 5.56 Å². The maximum atomic E-state index is 11.4. The molecule has 0 aliphatic carbocycles. The van der Waals surface area contributed by atoms with Crippen molar-refractivity contribution >= 4 is 5.97 Å². The summed E-state index contributed by atoms with van der Waals surface area (Å²) in [5, 5.41) is 9.27. The van der Waals surface area contributed by atoms with Gasteiger partial charge in [0.2, 0.25) is 0 Å². The van der Waals surface area contributed by atoms with Gasteiger partial charge in [-0.25, -0.2) is 4.79 Å². The number of esters is 1. The number of carbonyl (C=O) groups is 1. The second-order valence-corrected chi connectivity index (χ2v) is 3.19. The highest BCUT2D eigenvalue weighted by atomic mass is 16.5. The molecule has 0 spiro atoms. The summed E-state index contributed by atoms with van der Waals surface area (Å²) < 4.78 is 4.86. The molecule has 0 aliphatic rings. The van der Waals surface area contributed by atoms with Crippen LogP contribution in [0.15, 0.2) is 36.9 Å². The van der Waals surface area contributed by atoms with Crippen molar-refractivity contribution in [2.75, 3.05) is 6.61 Å². The summed E-state index contributed by atoms with van der Waals surface area (Å²) in [7, 11) is 0. The summed E-state index contributed by atoms with van der Waals surface area (Å²) >= 11 is 0. The summed E-state index contributed by atoms with van der Waals surface area (Å²) in [6.45, 7) is 5.33. The topological polar surface area (TPSA) is 46.5 Å². The lowest BCUT2D eigenvalue weighted by Gasteiger charge is -2.05. The third-order valence-corrected chi connectivity index (χ3v) is 1.96. The lowest BCUT2D eigenvalue weighted by Crippen LogP contribution is -2.05. The maximum absolute atomic E-state index is 11.4. The van der Waals surface area contributed by atoms with E-state index in [1.54, 1.807) is 31.2 Å². The number of hydrogen-bond donors (Lipinski definition) is 1. The van der Waals surface area contributed by atoms with E-state index in [4.69, 9.17) is 4.74 Å². The van der Waals surface area contributed by atoms with Gasteiger partial charge in [-0.2, -0.15) is 0 Å². The molecule has 0 saturated heterocycles. The van der Waals surface area contributed by atoms with Crippen LogP contribution in [-0.4, -0.2) is 17.7 Å². The van der Waals surface area contributed by atoms with Crippen LogP contribution in [0.3, 0.4) is 0 Å². The number of carbonyl (C=O) groups excluding carboxylic acids is 1. The van der Waals surface area contributed by atoms with E-state index in [9.17, 15) is 9.90 Å². The number of aliphatic hydroxyl groups is 1. The van der Waals surface area contributed by atoms with Crippen molar-refractivity contribution in [3.05, 3.63) is 48.0 Å². The Morgan fingerprint density at radius 2 is 2.13 bits per heavy atom. The van der Waals surface area contributed by atoms with E-state index in [2.05, 4.69) is 6.58 Å². The number of rotatable bonds is 4. The van der Waals surface area contributed by atoms with Gasteiger partial charge in [-0.05, 0) is 24.6 Å². The highest BCUT2D eigenvalue weighted by molar-refractivity contribution is 5.89. The molecule has 3 heteroatoms. The standard InChI is InChI=1S/C12H14O3/c1-3-8-15-12(14)11-6-4-10(5-7-11)9(2)13/h3-7,9,13H,1,8H2,2H3. The zero-order valence-electron chi connectivity index (χ0n) is 8.64. The van der Waals surface area contributed by atoms with Crippen molar-refractivity contribution in [1.29, 1.82) is 0 Å². The van der Waals surface area contributed by atoms with Gasteiger partial charge in [-0.3, -0.25) is 0 Å². The van der Waals surface area contributed by atoms with Crippen LogP contribution in [0.4, 0.5) is 0 Å². The van der Waals surface area contributed by atoms with E-state index in [1.807, 2.05) is 0 Å². The van der Waals surface area contributed by atoms with Crippen LogP contribution < -0.4 is 0 Å². The fourth-order valence-electron chi connectivity index (χ4n) is 1.12. The third-order valence-electron chi connectivity index (χ3n) is 1.96. The van der Waals surface area contributed by atoms with Crippen LogP contribution in [0, 0.1) is 0 Å². The molecule has 0 heterocycles. The molecule has 15 heavy (non-hydrogen) atoms. The first-order chi connectivity index (χ1) is 7.15. The molecular formula is C12H14O3. The van der Waals surface area contributed by atoms with Gasteiger partial charge in [-0.15, -0.1) is 0 Å². The fraction of sp³-hybridized carbons (Fsp3) is 0.250.